The number of nitrogens with zero attached hydrogens (tertiary/aromatic N) is 2. The van der Waals surface area contributed by atoms with Crippen LogP contribution in [0.2, 0.25) is 0 Å². The zero-order chi connectivity index (χ0) is 50.0. The zero-order valence-corrected chi connectivity index (χ0v) is 44.6. The predicted molar refractivity (Wildman–Crippen MR) is 307 cm³/mol. The van der Waals surface area contributed by atoms with Crippen LogP contribution in [0.15, 0.2) is 170 Å². The first-order valence-electron chi connectivity index (χ1n) is 26.2. The third-order valence-electron chi connectivity index (χ3n) is 16.8. The molecule has 2 heterocycles. The minimum atomic E-state index is -0.227. The summed E-state index contributed by atoms with van der Waals surface area (Å²) >= 11 is 0. The summed E-state index contributed by atoms with van der Waals surface area (Å²) < 4.78 is 0. The fourth-order valence-corrected chi connectivity index (χ4v) is 12.2. The Morgan fingerprint density at radius 1 is 0.408 bits per heavy atom. The number of benzene rings is 8. The predicted octanol–water partition coefficient (Wildman–Crippen LogP) is 16.7. The molecule has 0 bridgehead atoms. The molecule has 8 aromatic rings. The Hall–Kier alpha value is -6.58. The van der Waals surface area contributed by atoms with Crippen LogP contribution in [0.3, 0.4) is 0 Å². The summed E-state index contributed by atoms with van der Waals surface area (Å²) in [6, 6.07) is 65.6. The van der Waals surface area contributed by atoms with Gasteiger partial charge in [-0.15, -0.1) is 0 Å². The van der Waals surface area contributed by atoms with E-state index in [1.54, 1.807) is 0 Å². The van der Waals surface area contributed by atoms with Gasteiger partial charge in [0.25, 0.3) is 6.71 Å². The second kappa shape index (κ2) is 16.5. The van der Waals surface area contributed by atoms with E-state index in [1.807, 2.05) is 0 Å². The SMILES string of the molecule is Cc1cc2c3c(c1)N(c1ccc(C(C)(C)C)cc1-c1ccccc1-c1ccccc1)c1cc4c(cc1B3c1ccc(C(C)(C)c3ccccc3)cc1N2c1cccc(C(C)(C)C)c1)C(C)(C)CCC4(C)C. The Bertz CT molecular complexity index is 3380. The van der Waals surface area contributed by atoms with E-state index < -0.39 is 0 Å². The van der Waals surface area contributed by atoms with Crippen molar-refractivity contribution in [2.75, 3.05) is 9.80 Å². The molecule has 71 heavy (non-hydrogen) atoms. The highest BCUT2D eigenvalue weighted by Crippen LogP contribution is 2.53. The largest absolute Gasteiger partial charge is 0.311 e. The lowest BCUT2D eigenvalue weighted by Crippen LogP contribution is -2.62. The van der Waals surface area contributed by atoms with Crippen molar-refractivity contribution in [3.05, 3.63) is 209 Å². The van der Waals surface area contributed by atoms with Crippen LogP contribution < -0.4 is 26.2 Å². The quantitative estimate of drug-likeness (QED) is 0.153. The number of fused-ring (bicyclic) bond motifs is 5. The first-order chi connectivity index (χ1) is 33.6. The molecule has 0 saturated carbocycles. The van der Waals surface area contributed by atoms with E-state index in [1.165, 1.54) is 112 Å². The molecule has 3 aliphatic rings. The molecule has 11 rings (SSSR count). The number of rotatable bonds is 6. The van der Waals surface area contributed by atoms with E-state index in [0.717, 1.165) is 12.8 Å². The van der Waals surface area contributed by atoms with Gasteiger partial charge >= 0.3 is 0 Å². The van der Waals surface area contributed by atoms with Crippen LogP contribution in [0, 0.1) is 6.92 Å². The van der Waals surface area contributed by atoms with Crippen molar-refractivity contribution in [3.8, 4) is 22.3 Å². The maximum absolute atomic E-state index is 2.70. The lowest BCUT2D eigenvalue weighted by molar-refractivity contribution is 0.332. The van der Waals surface area contributed by atoms with Gasteiger partial charge in [0.2, 0.25) is 0 Å². The number of anilines is 6. The Balaban J connectivity index is 1.27. The molecule has 8 aromatic carbocycles. The fraction of sp³-hybridized carbons (Fsp3) is 0.294. The maximum atomic E-state index is 2.70. The average Bonchev–Trinajstić information content (AvgIpc) is 3.34. The van der Waals surface area contributed by atoms with E-state index in [9.17, 15) is 0 Å². The Morgan fingerprint density at radius 2 is 0.958 bits per heavy atom. The topological polar surface area (TPSA) is 6.48 Å². The molecule has 0 N–H and O–H groups in total. The molecule has 0 spiro atoms. The highest BCUT2D eigenvalue weighted by atomic mass is 15.2. The molecule has 0 amide bonds. The number of hydrogen-bond acceptors (Lipinski definition) is 2. The Labute approximate surface area is 425 Å². The van der Waals surface area contributed by atoms with Gasteiger partial charge in [0.15, 0.2) is 0 Å². The first kappa shape index (κ1) is 46.8. The highest BCUT2D eigenvalue weighted by molar-refractivity contribution is 7.00. The molecule has 0 aromatic heterocycles. The second-order valence-electron chi connectivity index (χ2n) is 25.0. The van der Waals surface area contributed by atoms with E-state index in [-0.39, 0.29) is 33.8 Å². The molecule has 2 nitrogen and oxygen atoms in total. The average molecular weight is 927 g/mol. The van der Waals surface area contributed by atoms with Crippen molar-refractivity contribution in [2.45, 2.75) is 130 Å². The number of hydrogen-bond donors (Lipinski definition) is 0. The van der Waals surface area contributed by atoms with Crippen molar-refractivity contribution in [1.29, 1.82) is 0 Å². The van der Waals surface area contributed by atoms with Crippen molar-refractivity contribution < 1.29 is 0 Å². The van der Waals surface area contributed by atoms with Gasteiger partial charge in [-0.1, -0.05) is 204 Å². The molecular weight excluding hydrogens is 856 g/mol. The molecule has 1 aliphatic carbocycles. The van der Waals surface area contributed by atoms with Crippen LogP contribution in [0.5, 0.6) is 0 Å². The summed E-state index contributed by atoms with van der Waals surface area (Å²) in [5.41, 5.74) is 25.7. The molecule has 0 saturated heterocycles. The number of aryl methyl sites for hydroxylation is 1. The van der Waals surface area contributed by atoms with Gasteiger partial charge in [0.1, 0.15) is 0 Å². The van der Waals surface area contributed by atoms with Gasteiger partial charge in [0.05, 0.1) is 5.69 Å². The fourth-order valence-electron chi connectivity index (χ4n) is 12.2. The summed E-state index contributed by atoms with van der Waals surface area (Å²) in [6.07, 6.45) is 2.30. The lowest BCUT2D eigenvalue weighted by Gasteiger charge is -2.48. The smallest absolute Gasteiger partial charge is 0.252 e. The van der Waals surface area contributed by atoms with Gasteiger partial charge in [-0.3, -0.25) is 0 Å². The van der Waals surface area contributed by atoms with Gasteiger partial charge in [-0.05, 0) is 162 Å². The van der Waals surface area contributed by atoms with Gasteiger partial charge in [-0.25, -0.2) is 0 Å². The normalized spacial score (nSPS) is 15.7. The van der Waals surface area contributed by atoms with E-state index in [4.69, 9.17) is 0 Å². The van der Waals surface area contributed by atoms with Crippen LogP contribution in [-0.2, 0) is 27.1 Å². The summed E-state index contributed by atoms with van der Waals surface area (Å²) in [5, 5.41) is 0. The van der Waals surface area contributed by atoms with Crippen molar-refractivity contribution in [1.82, 2.24) is 0 Å². The third kappa shape index (κ3) is 7.78. The summed E-state index contributed by atoms with van der Waals surface area (Å²) in [6.45, 7) is 31.0. The zero-order valence-electron chi connectivity index (χ0n) is 44.6. The van der Waals surface area contributed by atoms with Crippen molar-refractivity contribution in [2.24, 2.45) is 0 Å². The van der Waals surface area contributed by atoms with Crippen molar-refractivity contribution in [3.63, 3.8) is 0 Å². The second-order valence-corrected chi connectivity index (χ2v) is 25.0. The van der Waals surface area contributed by atoms with Crippen LogP contribution in [-0.4, -0.2) is 6.71 Å². The molecular formula is C68H71BN2. The Morgan fingerprint density at radius 3 is 1.62 bits per heavy atom. The van der Waals surface area contributed by atoms with Gasteiger partial charge in [0, 0.05) is 39.4 Å². The minimum absolute atomic E-state index is 0.00201. The molecule has 356 valence electrons. The summed E-state index contributed by atoms with van der Waals surface area (Å²) in [4.78, 5) is 5.32. The van der Waals surface area contributed by atoms with E-state index in [0.29, 0.717) is 0 Å². The van der Waals surface area contributed by atoms with E-state index >= 15 is 0 Å². The molecule has 0 unspecified atom stereocenters. The van der Waals surface area contributed by atoms with Crippen LogP contribution >= 0.6 is 0 Å². The van der Waals surface area contributed by atoms with Crippen LogP contribution in [0.4, 0.5) is 34.1 Å². The van der Waals surface area contributed by atoms with Crippen LogP contribution in [0.25, 0.3) is 22.3 Å². The first-order valence-corrected chi connectivity index (χ1v) is 26.2. The summed E-state index contributed by atoms with van der Waals surface area (Å²) in [5.74, 6) is 0. The maximum Gasteiger partial charge on any atom is 0.252 e. The molecule has 0 fully saturated rings. The monoisotopic (exact) mass is 927 g/mol. The summed E-state index contributed by atoms with van der Waals surface area (Å²) in [7, 11) is 0. The molecule has 3 heteroatoms. The molecule has 0 radical (unpaired) electrons. The van der Waals surface area contributed by atoms with Crippen LogP contribution in [0.1, 0.15) is 135 Å². The third-order valence-corrected chi connectivity index (χ3v) is 16.8. The highest BCUT2D eigenvalue weighted by Gasteiger charge is 2.47. The Kier molecular flexibility index (Phi) is 10.9. The van der Waals surface area contributed by atoms with Gasteiger partial charge in [-0.2, -0.15) is 0 Å². The lowest BCUT2D eigenvalue weighted by atomic mass is 9.33. The minimum Gasteiger partial charge on any atom is -0.311 e. The molecule has 2 aliphatic heterocycles. The van der Waals surface area contributed by atoms with Crippen molar-refractivity contribution >= 4 is 57.2 Å². The molecule has 0 atom stereocenters. The van der Waals surface area contributed by atoms with Gasteiger partial charge < -0.3 is 9.80 Å². The standard InChI is InChI=1S/C68H71BN2/c1-44-37-61-63-62(38-44)71(58-34-32-48(65(5,6)7)40-53(58)52-30-21-20-29-51(52)45-23-16-14-17-24-45)60-43-55-54(66(8,9)35-36-67(55,10)11)42-57(60)69(63)56-33-31-49(68(12,13)46-25-18-15-19-26-46)41-59(56)70(61)50-28-22-27-47(39-50)64(2,3)4/h14-34,37-43H,35-36H2,1-13H3. The van der Waals surface area contributed by atoms with E-state index in [2.05, 4.69) is 270 Å².